The number of carboxylic acid groups (broad SMARTS) is 1. The summed E-state index contributed by atoms with van der Waals surface area (Å²) in [5.74, 6) is -1.26. The molecule has 0 radical (unpaired) electrons. The first kappa shape index (κ1) is 16.5. The molecule has 0 spiro atoms. The van der Waals surface area contributed by atoms with Crippen molar-refractivity contribution < 1.29 is 14.7 Å². The molecule has 1 saturated carbocycles. The highest BCUT2D eigenvalue weighted by atomic mass is 16.4. The zero-order valence-electron chi connectivity index (χ0n) is 12.3. The highest BCUT2D eigenvalue weighted by molar-refractivity contribution is 5.88. The molecule has 0 aromatic carbocycles. The van der Waals surface area contributed by atoms with Gasteiger partial charge in [0.1, 0.15) is 5.54 Å². The van der Waals surface area contributed by atoms with Gasteiger partial charge in [0.2, 0.25) is 5.91 Å². The van der Waals surface area contributed by atoms with Crippen LogP contribution in [0.15, 0.2) is 25.3 Å². The zero-order chi connectivity index (χ0) is 15.2. The topological polar surface area (TPSA) is 57.6 Å². The number of aliphatic carboxylic acids is 1. The first-order valence-electron chi connectivity index (χ1n) is 7.22. The van der Waals surface area contributed by atoms with Crippen molar-refractivity contribution >= 4 is 11.9 Å². The molecule has 1 amide bonds. The number of hydrogen-bond donors (Lipinski definition) is 1. The third kappa shape index (κ3) is 3.30. The van der Waals surface area contributed by atoms with Gasteiger partial charge in [-0.2, -0.15) is 0 Å². The fourth-order valence-corrected chi connectivity index (χ4v) is 3.01. The fraction of sp³-hybridized carbons (Fsp3) is 0.625. The van der Waals surface area contributed by atoms with Crippen molar-refractivity contribution in [2.75, 3.05) is 7.05 Å². The lowest BCUT2D eigenvalue weighted by Gasteiger charge is -2.42. The zero-order valence-corrected chi connectivity index (χ0v) is 12.3. The van der Waals surface area contributed by atoms with Crippen LogP contribution in [0.5, 0.6) is 0 Å². The van der Waals surface area contributed by atoms with Crippen LogP contribution in [0.2, 0.25) is 0 Å². The first-order chi connectivity index (χ1) is 9.49. The van der Waals surface area contributed by atoms with Gasteiger partial charge in [-0.1, -0.05) is 31.4 Å². The third-order valence-corrected chi connectivity index (χ3v) is 4.30. The van der Waals surface area contributed by atoms with Crippen LogP contribution in [-0.4, -0.2) is 34.5 Å². The van der Waals surface area contributed by atoms with Crippen molar-refractivity contribution in [1.29, 1.82) is 0 Å². The Hall–Kier alpha value is -1.58. The Morgan fingerprint density at radius 1 is 1.20 bits per heavy atom. The fourth-order valence-electron chi connectivity index (χ4n) is 3.01. The van der Waals surface area contributed by atoms with Gasteiger partial charge < -0.3 is 10.0 Å². The van der Waals surface area contributed by atoms with E-state index in [0.29, 0.717) is 25.7 Å². The molecule has 4 heteroatoms. The van der Waals surface area contributed by atoms with Gasteiger partial charge in [-0.15, -0.1) is 13.2 Å². The van der Waals surface area contributed by atoms with Crippen LogP contribution in [0.25, 0.3) is 0 Å². The van der Waals surface area contributed by atoms with Gasteiger partial charge in [0.15, 0.2) is 0 Å². The number of carbonyl (C=O) groups is 2. The maximum Gasteiger partial charge on any atom is 0.329 e. The lowest BCUT2D eigenvalue weighted by molar-refractivity contribution is -0.162. The van der Waals surface area contributed by atoms with E-state index in [1.165, 1.54) is 4.90 Å². The third-order valence-electron chi connectivity index (χ3n) is 4.30. The van der Waals surface area contributed by atoms with Crippen molar-refractivity contribution in [3.8, 4) is 0 Å². The normalized spacial score (nSPS) is 17.5. The number of rotatable bonds is 7. The van der Waals surface area contributed by atoms with Gasteiger partial charge in [0.05, 0.1) is 0 Å². The highest BCUT2D eigenvalue weighted by Gasteiger charge is 2.46. The van der Waals surface area contributed by atoms with Crippen LogP contribution >= 0.6 is 0 Å². The molecule has 0 saturated heterocycles. The van der Waals surface area contributed by atoms with E-state index in [1.54, 1.807) is 19.2 Å². The monoisotopic (exact) mass is 279 g/mol. The molecule has 1 aliphatic carbocycles. The second-order valence-corrected chi connectivity index (χ2v) is 5.54. The molecule has 0 aromatic heterocycles. The molecular weight excluding hydrogens is 254 g/mol. The number of hydrogen-bond acceptors (Lipinski definition) is 2. The summed E-state index contributed by atoms with van der Waals surface area (Å²) < 4.78 is 0. The maximum atomic E-state index is 12.6. The van der Waals surface area contributed by atoms with E-state index in [1.807, 2.05) is 0 Å². The SMILES string of the molecule is C=CCC(CC=C)C(=O)N(C)C1(C(=O)O)CCCCC1. The molecule has 0 aromatic rings. The number of carbonyl (C=O) groups excluding carboxylic acids is 1. The van der Waals surface area contributed by atoms with Crippen LogP contribution in [0.1, 0.15) is 44.9 Å². The molecule has 0 unspecified atom stereocenters. The van der Waals surface area contributed by atoms with Crippen LogP contribution in [-0.2, 0) is 9.59 Å². The minimum Gasteiger partial charge on any atom is -0.479 e. The number of carboxylic acids is 1. The van der Waals surface area contributed by atoms with Crippen LogP contribution in [0, 0.1) is 5.92 Å². The van der Waals surface area contributed by atoms with Crippen molar-refractivity contribution in [2.45, 2.75) is 50.5 Å². The first-order valence-corrected chi connectivity index (χ1v) is 7.22. The molecule has 0 atom stereocenters. The van der Waals surface area contributed by atoms with E-state index in [-0.39, 0.29) is 11.8 Å². The molecule has 0 bridgehead atoms. The number of nitrogens with zero attached hydrogens (tertiary/aromatic N) is 1. The van der Waals surface area contributed by atoms with Crippen molar-refractivity contribution in [3.63, 3.8) is 0 Å². The Morgan fingerprint density at radius 2 is 1.70 bits per heavy atom. The van der Waals surface area contributed by atoms with Gasteiger partial charge in [0.25, 0.3) is 0 Å². The molecule has 1 N–H and O–H groups in total. The maximum absolute atomic E-state index is 12.6. The summed E-state index contributed by atoms with van der Waals surface area (Å²) in [6.45, 7) is 7.34. The Morgan fingerprint density at radius 3 is 2.10 bits per heavy atom. The minimum atomic E-state index is -1.03. The van der Waals surface area contributed by atoms with Gasteiger partial charge in [0, 0.05) is 13.0 Å². The molecular formula is C16H25NO3. The Bertz CT molecular complexity index is 373. The van der Waals surface area contributed by atoms with E-state index in [4.69, 9.17) is 0 Å². The minimum absolute atomic E-state index is 0.117. The molecule has 0 heterocycles. The second-order valence-electron chi connectivity index (χ2n) is 5.54. The average molecular weight is 279 g/mol. The van der Waals surface area contributed by atoms with Gasteiger partial charge >= 0.3 is 5.97 Å². The lowest BCUT2D eigenvalue weighted by atomic mass is 9.79. The number of likely N-dealkylation sites (N-methyl/N-ethyl adjacent to an activating group) is 1. The van der Waals surface area contributed by atoms with Crippen LogP contribution in [0.4, 0.5) is 0 Å². The Balaban J connectivity index is 2.95. The molecule has 4 nitrogen and oxygen atoms in total. The summed E-state index contributed by atoms with van der Waals surface area (Å²) in [6.07, 6.45) is 8.34. The Labute approximate surface area is 121 Å². The quantitative estimate of drug-likeness (QED) is 0.729. The van der Waals surface area contributed by atoms with E-state index in [2.05, 4.69) is 13.2 Å². The molecule has 112 valence electrons. The summed E-state index contributed by atoms with van der Waals surface area (Å²) in [5.41, 5.74) is -1.03. The largest absolute Gasteiger partial charge is 0.479 e. The van der Waals surface area contributed by atoms with Crippen molar-refractivity contribution in [2.24, 2.45) is 5.92 Å². The smallest absolute Gasteiger partial charge is 0.329 e. The highest BCUT2D eigenvalue weighted by Crippen LogP contribution is 2.34. The van der Waals surface area contributed by atoms with Crippen molar-refractivity contribution in [3.05, 3.63) is 25.3 Å². The summed E-state index contributed by atoms with van der Waals surface area (Å²) in [6, 6.07) is 0. The molecule has 20 heavy (non-hydrogen) atoms. The predicted octanol–water partition coefficient (Wildman–Crippen LogP) is 3.00. The molecule has 1 fully saturated rings. The summed E-state index contributed by atoms with van der Waals surface area (Å²) in [5, 5.41) is 9.62. The van der Waals surface area contributed by atoms with Gasteiger partial charge in [-0.3, -0.25) is 4.79 Å². The van der Waals surface area contributed by atoms with Crippen LogP contribution < -0.4 is 0 Å². The summed E-state index contributed by atoms with van der Waals surface area (Å²) >= 11 is 0. The Kier molecular flexibility index (Phi) is 5.99. The van der Waals surface area contributed by atoms with Crippen molar-refractivity contribution in [1.82, 2.24) is 4.90 Å². The number of allylic oxidation sites excluding steroid dienone is 2. The average Bonchev–Trinajstić information content (AvgIpc) is 2.46. The molecule has 0 aliphatic heterocycles. The number of amides is 1. The lowest BCUT2D eigenvalue weighted by Crippen LogP contribution is -2.57. The van der Waals surface area contributed by atoms with E-state index in [9.17, 15) is 14.7 Å². The second kappa shape index (κ2) is 7.27. The molecule has 1 aliphatic rings. The van der Waals surface area contributed by atoms with Gasteiger partial charge in [-0.05, 0) is 25.7 Å². The van der Waals surface area contributed by atoms with E-state index >= 15 is 0 Å². The van der Waals surface area contributed by atoms with E-state index in [0.717, 1.165) is 19.3 Å². The summed E-state index contributed by atoms with van der Waals surface area (Å²) in [7, 11) is 1.63. The molecule has 1 rings (SSSR count). The van der Waals surface area contributed by atoms with Gasteiger partial charge in [-0.25, -0.2) is 4.79 Å². The van der Waals surface area contributed by atoms with E-state index < -0.39 is 11.5 Å². The van der Waals surface area contributed by atoms with Crippen LogP contribution in [0.3, 0.4) is 0 Å². The predicted molar refractivity (Wildman–Crippen MR) is 79.3 cm³/mol. The summed E-state index contributed by atoms with van der Waals surface area (Å²) in [4.78, 5) is 25.8. The standard InChI is InChI=1S/C16H25NO3/c1-4-9-13(10-5-2)14(18)17(3)16(15(19)20)11-7-6-8-12-16/h4-5,13H,1-2,6-12H2,3H3,(H,19,20).